The molecule has 2 aliphatic rings. The van der Waals surface area contributed by atoms with E-state index in [4.69, 9.17) is 14.2 Å². The number of fused-ring (bicyclic) bond motifs is 1. The lowest BCUT2D eigenvalue weighted by atomic mass is 10.1. The van der Waals surface area contributed by atoms with Crippen LogP contribution in [0.3, 0.4) is 0 Å². The van der Waals surface area contributed by atoms with Gasteiger partial charge in [0.25, 0.3) is 5.91 Å². The van der Waals surface area contributed by atoms with Crippen LogP contribution in [0.25, 0.3) is 0 Å². The number of ether oxygens (including phenoxy) is 3. The maximum absolute atomic E-state index is 12.8. The summed E-state index contributed by atoms with van der Waals surface area (Å²) in [5.41, 5.74) is 0. The van der Waals surface area contributed by atoms with Crippen molar-refractivity contribution in [2.75, 3.05) is 19.7 Å². The van der Waals surface area contributed by atoms with Gasteiger partial charge in [0.05, 0.1) is 6.54 Å². The number of rotatable bonds is 3. The summed E-state index contributed by atoms with van der Waals surface area (Å²) in [5, 5.41) is 0. The first-order valence-corrected chi connectivity index (χ1v) is 8.53. The van der Waals surface area contributed by atoms with Crippen molar-refractivity contribution in [2.45, 2.75) is 25.0 Å². The lowest BCUT2D eigenvalue weighted by Crippen LogP contribution is -2.51. The summed E-state index contributed by atoms with van der Waals surface area (Å²) in [7, 11) is 0. The molecular formula is C19H20N2O4. The van der Waals surface area contributed by atoms with Crippen LogP contribution in [0.1, 0.15) is 12.8 Å². The Balaban J connectivity index is 1.39. The molecule has 130 valence electrons. The fourth-order valence-corrected chi connectivity index (χ4v) is 3.19. The average molecular weight is 340 g/mol. The van der Waals surface area contributed by atoms with Gasteiger partial charge in [-0.3, -0.25) is 9.78 Å². The van der Waals surface area contributed by atoms with Crippen LogP contribution in [0.5, 0.6) is 17.2 Å². The van der Waals surface area contributed by atoms with Crippen molar-refractivity contribution in [1.29, 1.82) is 0 Å². The second kappa shape index (κ2) is 7.01. The third-order valence-corrected chi connectivity index (χ3v) is 4.43. The number of amides is 1. The molecule has 0 N–H and O–H groups in total. The van der Waals surface area contributed by atoms with Crippen LogP contribution < -0.4 is 14.2 Å². The van der Waals surface area contributed by atoms with Gasteiger partial charge in [-0.15, -0.1) is 0 Å². The highest BCUT2D eigenvalue weighted by molar-refractivity contribution is 5.82. The number of carbonyl (C=O) groups excluding carboxylic acids is 1. The topological polar surface area (TPSA) is 60.9 Å². The normalized spacial score (nSPS) is 22.3. The van der Waals surface area contributed by atoms with Crippen molar-refractivity contribution in [2.24, 2.45) is 0 Å². The van der Waals surface area contributed by atoms with Gasteiger partial charge in [-0.2, -0.15) is 0 Å². The molecule has 6 heteroatoms. The molecule has 3 heterocycles. The Morgan fingerprint density at radius 1 is 1.16 bits per heavy atom. The van der Waals surface area contributed by atoms with Crippen molar-refractivity contribution < 1.29 is 19.0 Å². The van der Waals surface area contributed by atoms with Crippen molar-refractivity contribution in [3.05, 3.63) is 48.8 Å². The zero-order chi connectivity index (χ0) is 17.1. The van der Waals surface area contributed by atoms with Crippen molar-refractivity contribution in [1.82, 2.24) is 9.88 Å². The largest absolute Gasteiger partial charge is 0.488 e. The molecule has 1 fully saturated rings. The fourth-order valence-electron chi connectivity index (χ4n) is 3.19. The van der Waals surface area contributed by atoms with Gasteiger partial charge in [0.2, 0.25) is 6.10 Å². The van der Waals surface area contributed by atoms with Gasteiger partial charge in [-0.05, 0) is 37.1 Å². The van der Waals surface area contributed by atoms with Gasteiger partial charge in [-0.25, -0.2) is 0 Å². The molecular weight excluding hydrogens is 320 g/mol. The van der Waals surface area contributed by atoms with Crippen LogP contribution in [-0.2, 0) is 4.79 Å². The van der Waals surface area contributed by atoms with Gasteiger partial charge < -0.3 is 19.1 Å². The first-order chi connectivity index (χ1) is 12.3. The predicted molar refractivity (Wildman–Crippen MR) is 90.8 cm³/mol. The molecule has 1 saturated heterocycles. The number of piperidine rings is 1. The zero-order valence-corrected chi connectivity index (χ0v) is 13.8. The maximum atomic E-state index is 12.8. The van der Waals surface area contributed by atoms with E-state index >= 15 is 0 Å². The van der Waals surface area contributed by atoms with Crippen molar-refractivity contribution in [3.8, 4) is 17.2 Å². The summed E-state index contributed by atoms with van der Waals surface area (Å²) in [5.74, 6) is 2.04. The first-order valence-electron chi connectivity index (χ1n) is 8.53. The molecule has 0 bridgehead atoms. The Hall–Kier alpha value is -2.76. The summed E-state index contributed by atoms with van der Waals surface area (Å²) in [6.07, 6.45) is 4.62. The van der Waals surface area contributed by atoms with Gasteiger partial charge in [0.1, 0.15) is 18.5 Å². The number of aromatic nitrogens is 1. The molecule has 1 aromatic carbocycles. The maximum Gasteiger partial charge on any atom is 0.267 e. The number of para-hydroxylation sites is 2. The minimum atomic E-state index is -0.602. The van der Waals surface area contributed by atoms with Crippen LogP contribution >= 0.6 is 0 Å². The number of hydrogen-bond acceptors (Lipinski definition) is 5. The molecule has 25 heavy (non-hydrogen) atoms. The Labute approximate surface area is 146 Å². The SMILES string of the molecule is O=C(C1COc2ccccc2O1)N1CCCC(Oc2ccncc2)C1. The standard InChI is InChI=1S/C19H20N2O4/c22-19(18-13-23-16-5-1-2-6-17(16)25-18)21-11-3-4-15(12-21)24-14-7-9-20-10-8-14/h1-2,5-10,15,18H,3-4,11-13H2. The van der Waals surface area contributed by atoms with E-state index in [-0.39, 0.29) is 18.6 Å². The number of pyridine rings is 1. The zero-order valence-electron chi connectivity index (χ0n) is 13.8. The van der Waals surface area contributed by atoms with Gasteiger partial charge in [0.15, 0.2) is 11.5 Å². The van der Waals surface area contributed by atoms with Crippen LogP contribution in [-0.4, -0.2) is 47.7 Å². The number of nitrogens with zero attached hydrogens (tertiary/aromatic N) is 2. The van der Waals surface area contributed by atoms with Crippen LogP contribution in [0, 0.1) is 0 Å². The second-order valence-electron chi connectivity index (χ2n) is 6.21. The molecule has 2 atom stereocenters. The molecule has 2 unspecified atom stereocenters. The fraction of sp³-hybridized carbons (Fsp3) is 0.368. The van der Waals surface area contributed by atoms with Gasteiger partial charge in [0, 0.05) is 18.9 Å². The second-order valence-corrected chi connectivity index (χ2v) is 6.21. The molecule has 2 aliphatic heterocycles. The highest BCUT2D eigenvalue weighted by Crippen LogP contribution is 2.31. The van der Waals surface area contributed by atoms with E-state index < -0.39 is 6.10 Å². The van der Waals surface area contributed by atoms with Gasteiger partial charge >= 0.3 is 0 Å². The van der Waals surface area contributed by atoms with Gasteiger partial charge in [-0.1, -0.05) is 12.1 Å². The molecule has 0 saturated carbocycles. The van der Waals surface area contributed by atoms with Crippen LogP contribution in [0.4, 0.5) is 0 Å². The Bertz CT molecular complexity index is 737. The highest BCUT2D eigenvalue weighted by Gasteiger charge is 2.34. The van der Waals surface area contributed by atoms with E-state index in [0.717, 1.165) is 25.1 Å². The summed E-state index contributed by atoms with van der Waals surface area (Å²) in [4.78, 5) is 18.6. The summed E-state index contributed by atoms with van der Waals surface area (Å²) >= 11 is 0. The molecule has 0 spiro atoms. The van der Waals surface area contributed by atoms with Crippen LogP contribution in [0.15, 0.2) is 48.8 Å². The number of carbonyl (C=O) groups is 1. The molecule has 1 amide bonds. The highest BCUT2D eigenvalue weighted by atomic mass is 16.6. The third kappa shape index (κ3) is 3.52. The summed E-state index contributed by atoms with van der Waals surface area (Å²) in [6, 6.07) is 11.1. The first kappa shape index (κ1) is 15.7. The Kier molecular flexibility index (Phi) is 4.41. The average Bonchev–Trinajstić information content (AvgIpc) is 2.68. The van der Waals surface area contributed by atoms with E-state index in [1.165, 1.54) is 0 Å². The van der Waals surface area contributed by atoms with E-state index in [2.05, 4.69) is 4.98 Å². The minimum absolute atomic E-state index is 0.0168. The monoisotopic (exact) mass is 340 g/mol. The molecule has 0 radical (unpaired) electrons. The van der Waals surface area contributed by atoms with E-state index in [1.807, 2.05) is 41.3 Å². The van der Waals surface area contributed by atoms with Crippen molar-refractivity contribution >= 4 is 5.91 Å². The quantitative estimate of drug-likeness (QED) is 0.858. The molecule has 6 nitrogen and oxygen atoms in total. The minimum Gasteiger partial charge on any atom is -0.488 e. The number of hydrogen-bond donors (Lipinski definition) is 0. The van der Waals surface area contributed by atoms with E-state index in [0.29, 0.717) is 18.0 Å². The Morgan fingerprint density at radius 2 is 1.96 bits per heavy atom. The lowest BCUT2D eigenvalue weighted by molar-refractivity contribution is -0.143. The molecule has 2 aromatic rings. The molecule has 0 aliphatic carbocycles. The molecule has 4 rings (SSSR count). The third-order valence-electron chi connectivity index (χ3n) is 4.43. The van der Waals surface area contributed by atoms with Crippen LogP contribution in [0.2, 0.25) is 0 Å². The number of likely N-dealkylation sites (tertiary alicyclic amines) is 1. The molecule has 1 aromatic heterocycles. The smallest absolute Gasteiger partial charge is 0.267 e. The summed E-state index contributed by atoms with van der Waals surface area (Å²) in [6.45, 7) is 1.52. The van der Waals surface area contributed by atoms with E-state index in [9.17, 15) is 4.79 Å². The van der Waals surface area contributed by atoms with Crippen molar-refractivity contribution in [3.63, 3.8) is 0 Å². The lowest BCUT2D eigenvalue weighted by Gasteiger charge is -2.36. The summed E-state index contributed by atoms with van der Waals surface area (Å²) < 4.78 is 17.5. The Morgan fingerprint density at radius 3 is 2.80 bits per heavy atom. The van der Waals surface area contributed by atoms with E-state index in [1.54, 1.807) is 12.4 Å². The predicted octanol–water partition coefficient (Wildman–Crippen LogP) is 2.29. The number of benzene rings is 1.